The Kier molecular flexibility index (Phi) is 3.51. The van der Waals surface area contributed by atoms with Crippen molar-refractivity contribution in [2.75, 3.05) is 6.61 Å². The lowest BCUT2D eigenvalue weighted by Gasteiger charge is -2.04. The van der Waals surface area contributed by atoms with Gasteiger partial charge in [-0.25, -0.2) is 13.8 Å². The molecule has 0 aliphatic heterocycles. The molecule has 0 bridgehead atoms. The molecule has 72 valence electrons. The topological polar surface area (TPSA) is 61.0 Å². The first-order valence-electron chi connectivity index (χ1n) is 3.64. The minimum Gasteiger partial charge on any atom is -0.470 e. The van der Waals surface area contributed by atoms with E-state index in [2.05, 4.69) is 14.7 Å². The molecule has 2 N–H and O–H groups in total. The Bertz CT molecular complexity index is 270. The molecule has 0 unspecified atom stereocenters. The summed E-state index contributed by atoms with van der Waals surface area (Å²) in [4.78, 5) is 7.54. The molecular weight excluding hydrogens is 180 g/mol. The van der Waals surface area contributed by atoms with Gasteiger partial charge in [-0.15, -0.1) is 0 Å². The second kappa shape index (κ2) is 4.66. The molecule has 13 heavy (non-hydrogen) atoms. The van der Waals surface area contributed by atoms with Gasteiger partial charge in [0.2, 0.25) is 5.88 Å². The molecule has 0 atom stereocenters. The van der Waals surface area contributed by atoms with Crippen LogP contribution < -0.4 is 10.5 Å². The van der Waals surface area contributed by atoms with Crippen molar-refractivity contribution >= 4 is 0 Å². The lowest BCUT2D eigenvalue weighted by molar-refractivity contribution is 0.0792. The predicted molar refractivity (Wildman–Crippen MR) is 41.4 cm³/mol. The molecule has 1 heterocycles. The number of aromatic nitrogens is 2. The van der Waals surface area contributed by atoms with E-state index in [9.17, 15) is 8.78 Å². The Balaban J connectivity index is 2.56. The molecule has 0 amide bonds. The standard InChI is InChI=1S/C7H9F2N3O/c8-6(9)4-13-7-3-11-2-5(1-10)12-7/h2-3,6H,1,4,10H2. The molecule has 0 aliphatic rings. The van der Waals surface area contributed by atoms with E-state index >= 15 is 0 Å². The van der Waals surface area contributed by atoms with E-state index in [4.69, 9.17) is 5.73 Å². The van der Waals surface area contributed by atoms with E-state index in [0.717, 1.165) is 0 Å². The number of hydrogen-bond acceptors (Lipinski definition) is 4. The van der Waals surface area contributed by atoms with Gasteiger partial charge in [0.25, 0.3) is 6.43 Å². The fourth-order valence-electron chi connectivity index (χ4n) is 0.703. The van der Waals surface area contributed by atoms with Crippen LogP contribution in [0.25, 0.3) is 0 Å². The van der Waals surface area contributed by atoms with Crippen LogP contribution in [0.1, 0.15) is 5.69 Å². The van der Waals surface area contributed by atoms with Crippen molar-refractivity contribution in [3.63, 3.8) is 0 Å². The van der Waals surface area contributed by atoms with Crippen LogP contribution in [-0.2, 0) is 6.54 Å². The maximum absolute atomic E-state index is 11.7. The van der Waals surface area contributed by atoms with Crippen LogP contribution >= 0.6 is 0 Å². The van der Waals surface area contributed by atoms with Gasteiger partial charge in [-0.2, -0.15) is 0 Å². The van der Waals surface area contributed by atoms with Crippen molar-refractivity contribution < 1.29 is 13.5 Å². The number of ether oxygens (including phenoxy) is 1. The van der Waals surface area contributed by atoms with Gasteiger partial charge in [-0.05, 0) is 0 Å². The molecule has 0 fully saturated rings. The lowest BCUT2D eigenvalue weighted by atomic mass is 10.4. The Hall–Kier alpha value is -1.30. The second-order valence-electron chi connectivity index (χ2n) is 2.25. The Morgan fingerprint density at radius 2 is 2.23 bits per heavy atom. The normalized spacial score (nSPS) is 10.5. The van der Waals surface area contributed by atoms with Gasteiger partial charge in [0.05, 0.1) is 11.9 Å². The maximum Gasteiger partial charge on any atom is 0.272 e. The molecule has 6 heteroatoms. The fraction of sp³-hybridized carbons (Fsp3) is 0.429. The summed E-state index contributed by atoms with van der Waals surface area (Å²) in [5, 5.41) is 0. The van der Waals surface area contributed by atoms with Gasteiger partial charge < -0.3 is 10.5 Å². The van der Waals surface area contributed by atoms with Crippen molar-refractivity contribution in [2.24, 2.45) is 5.73 Å². The highest BCUT2D eigenvalue weighted by Crippen LogP contribution is 2.05. The van der Waals surface area contributed by atoms with Crippen molar-refractivity contribution in [3.05, 3.63) is 18.1 Å². The van der Waals surface area contributed by atoms with Gasteiger partial charge in [-0.1, -0.05) is 0 Å². The molecule has 1 aromatic rings. The summed E-state index contributed by atoms with van der Waals surface area (Å²) in [6.07, 6.45) is 0.208. The molecule has 0 saturated heterocycles. The zero-order valence-corrected chi connectivity index (χ0v) is 6.78. The monoisotopic (exact) mass is 189 g/mol. The van der Waals surface area contributed by atoms with Crippen LogP contribution in [0, 0.1) is 0 Å². The van der Waals surface area contributed by atoms with Crippen molar-refractivity contribution in [3.8, 4) is 5.88 Å². The summed E-state index contributed by atoms with van der Waals surface area (Å²) in [5.74, 6) is 0.0725. The first-order chi connectivity index (χ1) is 6.22. The first kappa shape index (κ1) is 9.79. The minimum absolute atomic E-state index is 0.0725. The number of rotatable bonds is 4. The maximum atomic E-state index is 11.7. The number of alkyl halides is 2. The van der Waals surface area contributed by atoms with Crippen molar-refractivity contribution in [1.82, 2.24) is 9.97 Å². The molecule has 0 radical (unpaired) electrons. The second-order valence-corrected chi connectivity index (χ2v) is 2.25. The highest BCUT2D eigenvalue weighted by atomic mass is 19.3. The van der Waals surface area contributed by atoms with E-state index < -0.39 is 13.0 Å². The smallest absolute Gasteiger partial charge is 0.272 e. The fourth-order valence-corrected chi connectivity index (χ4v) is 0.703. The van der Waals surface area contributed by atoms with Crippen LogP contribution in [-0.4, -0.2) is 23.0 Å². The van der Waals surface area contributed by atoms with Crippen molar-refractivity contribution in [2.45, 2.75) is 13.0 Å². The van der Waals surface area contributed by atoms with E-state index in [0.29, 0.717) is 5.69 Å². The summed E-state index contributed by atoms with van der Waals surface area (Å²) in [6.45, 7) is -0.471. The highest BCUT2D eigenvalue weighted by molar-refractivity contribution is 5.07. The number of nitrogens with zero attached hydrogens (tertiary/aromatic N) is 2. The van der Waals surface area contributed by atoms with E-state index in [1.54, 1.807) is 0 Å². The molecule has 0 aliphatic carbocycles. The van der Waals surface area contributed by atoms with Gasteiger partial charge >= 0.3 is 0 Å². The molecule has 1 rings (SSSR count). The quantitative estimate of drug-likeness (QED) is 0.752. The van der Waals surface area contributed by atoms with Gasteiger partial charge in [0, 0.05) is 12.7 Å². The van der Waals surface area contributed by atoms with Gasteiger partial charge in [0.1, 0.15) is 0 Å². The first-order valence-corrected chi connectivity index (χ1v) is 3.64. The highest BCUT2D eigenvalue weighted by Gasteiger charge is 2.04. The third kappa shape index (κ3) is 3.29. The summed E-state index contributed by atoms with van der Waals surface area (Å²) in [5.41, 5.74) is 5.77. The summed E-state index contributed by atoms with van der Waals surface area (Å²) in [7, 11) is 0. The Morgan fingerprint density at radius 3 is 2.85 bits per heavy atom. The number of hydrogen-bond donors (Lipinski definition) is 1. The zero-order valence-electron chi connectivity index (χ0n) is 6.78. The van der Waals surface area contributed by atoms with Crippen LogP contribution in [0.5, 0.6) is 5.88 Å². The van der Waals surface area contributed by atoms with Crippen molar-refractivity contribution in [1.29, 1.82) is 0 Å². The van der Waals surface area contributed by atoms with E-state index in [1.807, 2.05) is 0 Å². The Morgan fingerprint density at radius 1 is 1.46 bits per heavy atom. The number of nitrogens with two attached hydrogens (primary N) is 1. The third-order valence-corrected chi connectivity index (χ3v) is 1.23. The van der Waals surface area contributed by atoms with Crippen LogP contribution in [0.4, 0.5) is 8.78 Å². The summed E-state index contributed by atoms with van der Waals surface area (Å²) < 4.78 is 28.0. The largest absolute Gasteiger partial charge is 0.470 e. The number of halogens is 2. The molecule has 0 saturated carbocycles. The zero-order chi connectivity index (χ0) is 9.68. The molecule has 0 aromatic carbocycles. The predicted octanol–water partition coefficient (Wildman–Crippen LogP) is 0.579. The molecule has 1 aromatic heterocycles. The van der Waals surface area contributed by atoms with Crippen LogP contribution in [0.15, 0.2) is 12.4 Å². The molecular formula is C7H9F2N3O. The summed E-state index contributed by atoms with van der Waals surface area (Å²) >= 11 is 0. The third-order valence-electron chi connectivity index (χ3n) is 1.23. The van der Waals surface area contributed by atoms with Crippen LogP contribution in [0.2, 0.25) is 0 Å². The van der Waals surface area contributed by atoms with Crippen LogP contribution in [0.3, 0.4) is 0 Å². The average Bonchev–Trinajstić information content (AvgIpc) is 2.15. The average molecular weight is 189 g/mol. The molecule has 4 nitrogen and oxygen atoms in total. The lowest BCUT2D eigenvalue weighted by Crippen LogP contribution is -2.09. The van der Waals surface area contributed by atoms with E-state index in [1.165, 1.54) is 12.4 Å². The van der Waals surface area contributed by atoms with E-state index in [-0.39, 0.29) is 12.4 Å². The molecule has 0 spiro atoms. The summed E-state index contributed by atoms with van der Waals surface area (Å²) in [6, 6.07) is 0. The SMILES string of the molecule is NCc1cncc(OCC(F)F)n1. The Labute approximate surface area is 73.8 Å². The van der Waals surface area contributed by atoms with Gasteiger partial charge in [-0.3, -0.25) is 4.98 Å². The minimum atomic E-state index is -2.51. The van der Waals surface area contributed by atoms with Gasteiger partial charge in [0.15, 0.2) is 6.61 Å².